The van der Waals surface area contributed by atoms with Crippen molar-refractivity contribution >= 4 is 21.8 Å². The molecular weight excluding hydrogens is 330 g/mol. The zero-order valence-electron chi connectivity index (χ0n) is 11.8. The van der Waals surface area contributed by atoms with Crippen LogP contribution in [-0.2, 0) is 14.3 Å². The third kappa shape index (κ3) is 4.32. The third-order valence-electron chi connectivity index (χ3n) is 2.43. The Hall–Kier alpha value is -1.38. The van der Waals surface area contributed by atoms with Crippen molar-refractivity contribution in [2.24, 2.45) is 10.9 Å². The number of rotatable bonds is 7. The number of halogens is 1. The highest BCUT2D eigenvalue weighted by atomic mass is 79.9. The number of oxime groups is 1. The van der Waals surface area contributed by atoms with Gasteiger partial charge in [-0.1, -0.05) is 5.16 Å². The summed E-state index contributed by atoms with van der Waals surface area (Å²) in [6.45, 7) is 1.75. The van der Waals surface area contributed by atoms with Crippen LogP contribution in [0.3, 0.4) is 0 Å². The fourth-order valence-electron chi connectivity index (χ4n) is 1.43. The number of hydrogen-bond acceptors (Lipinski definition) is 6. The Bertz CT molecular complexity index is 466. The molecule has 0 aliphatic heterocycles. The van der Waals surface area contributed by atoms with Gasteiger partial charge in [0.15, 0.2) is 18.2 Å². The second kappa shape index (κ2) is 8.03. The van der Waals surface area contributed by atoms with E-state index in [0.717, 1.165) is 4.47 Å². The molecule has 0 saturated carbocycles. The normalized spacial score (nSPS) is 13.4. The predicted molar refractivity (Wildman–Crippen MR) is 77.6 cm³/mol. The molecule has 1 rings (SSSR count). The lowest BCUT2D eigenvalue weighted by Crippen LogP contribution is -2.29. The number of amidine groups is 1. The van der Waals surface area contributed by atoms with Gasteiger partial charge >= 0.3 is 0 Å². The Balaban J connectivity index is 2.78. The van der Waals surface area contributed by atoms with E-state index in [1.807, 2.05) is 0 Å². The van der Waals surface area contributed by atoms with E-state index < -0.39 is 12.4 Å². The number of methoxy groups -OCH3 is 3. The van der Waals surface area contributed by atoms with Crippen molar-refractivity contribution in [2.75, 3.05) is 21.3 Å². The summed E-state index contributed by atoms with van der Waals surface area (Å²) in [6, 6.07) is 3.46. The molecule has 8 heteroatoms. The lowest BCUT2D eigenvalue weighted by molar-refractivity contribution is -0.175. The molecule has 0 fully saturated rings. The standard InChI is InChI=1S/C12H18BrN3O4/c1-7(12(18-3)19-4)20-16-10(14)9-6-5-8(13)11(15-9)17-2/h5-7,12H,1-4H3,(H2,14,16). The van der Waals surface area contributed by atoms with Gasteiger partial charge in [0.1, 0.15) is 5.69 Å². The zero-order valence-corrected chi connectivity index (χ0v) is 13.4. The van der Waals surface area contributed by atoms with Crippen LogP contribution in [0.2, 0.25) is 0 Å². The van der Waals surface area contributed by atoms with Crippen molar-refractivity contribution in [3.8, 4) is 5.88 Å². The van der Waals surface area contributed by atoms with Crippen LogP contribution in [0.25, 0.3) is 0 Å². The molecule has 0 saturated heterocycles. The molecule has 1 heterocycles. The third-order valence-corrected chi connectivity index (χ3v) is 3.04. The molecule has 112 valence electrons. The number of ether oxygens (including phenoxy) is 3. The van der Waals surface area contributed by atoms with E-state index in [4.69, 9.17) is 24.8 Å². The molecule has 7 nitrogen and oxygen atoms in total. The Morgan fingerprint density at radius 2 is 1.95 bits per heavy atom. The fraction of sp³-hybridized carbons (Fsp3) is 0.500. The van der Waals surface area contributed by atoms with E-state index in [1.54, 1.807) is 19.1 Å². The minimum Gasteiger partial charge on any atom is -0.480 e. The van der Waals surface area contributed by atoms with Crippen LogP contribution in [0.5, 0.6) is 5.88 Å². The molecule has 0 bridgehead atoms. The van der Waals surface area contributed by atoms with Gasteiger partial charge in [-0.3, -0.25) is 0 Å². The summed E-state index contributed by atoms with van der Waals surface area (Å²) < 4.78 is 15.9. The number of aromatic nitrogens is 1. The van der Waals surface area contributed by atoms with Crippen LogP contribution < -0.4 is 10.5 Å². The minimum absolute atomic E-state index is 0.133. The van der Waals surface area contributed by atoms with Gasteiger partial charge in [0, 0.05) is 14.2 Å². The number of pyridine rings is 1. The predicted octanol–water partition coefficient (Wildman–Crippen LogP) is 1.50. The average molecular weight is 348 g/mol. The molecular formula is C12H18BrN3O4. The first-order valence-electron chi connectivity index (χ1n) is 5.79. The van der Waals surface area contributed by atoms with Crippen LogP contribution in [0.1, 0.15) is 12.6 Å². The molecule has 0 spiro atoms. The van der Waals surface area contributed by atoms with Crippen LogP contribution in [0.4, 0.5) is 0 Å². The van der Waals surface area contributed by atoms with Crippen molar-refractivity contribution in [3.63, 3.8) is 0 Å². The average Bonchev–Trinajstić information content (AvgIpc) is 2.46. The van der Waals surface area contributed by atoms with E-state index in [2.05, 4.69) is 26.1 Å². The number of hydrogen-bond donors (Lipinski definition) is 1. The Labute approximate surface area is 126 Å². The number of nitrogens with two attached hydrogens (primary N) is 1. The van der Waals surface area contributed by atoms with Gasteiger partial charge in [-0.25, -0.2) is 4.98 Å². The first-order chi connectivity index (χ1) is 9.53. The second-order valence-corrected chi connectivity index (χ2v) is 4.67. The molecule has 1 aromatic heterocycles. The van der Waals surface area contributed by atoms with E-state index in [1.165, 1.54) is 21.3 Å². The van der Waals surface area contributed by atoms with Crippen molar-refractivity contribution in [2.45, 2.75) is 19.3 Å². The number of nitrogens with zero attached hydrogens (tertiary/aromatic N) is 2. The van der Waals surface area contributed by atoms with Crippen molar-refractivity contribution < 1.29 is 19.0 Å². The molecule has 1 aromatic rings. The van der Waals surface area contributed by atoms with Crippen LogP contribution in [0, 0.1) is 0 Å². The maximum atomic E-state index is 5.81. The van der Waals surface area contributed by atoms with Gasteiger partial charge in [0.05, 0.1) is 11.6 Å². The molecule has 0 aromatic carbocycles. The highest BCUT2D eigenvalue weighted by Crippen LogP contribution is 2.21. The van der Waals surface area contributed by atoms with Gasteiger partial charge < -0.3 is 24.8 Å². The van der Waals surface area contributed by atoms with Crippen molar-refractivity contribution in [3.05, 3.63) is 22.3 Å². The summed E-state index contributed by atoms with van der Waals surface area (Å²) in [5.74, 6) is 0.550. The Morgan fingerprint density at radius 3 is 2.50 bits per heavy atom. The highest BCUT2D eigenvalue weighted by Gasteiger charge is 2.17. The van der Waals surface area contributed by atoms with Gasteiger partial charge in [-0.2, -0.15) is 0 Å². The van der Waals surface area contributed by atoms with Gasteiger partial charge in [0.25, 0.3) is 0 Å². The molecule has 0 amide bonds. The maximum absolute atomic E-state index is 5.81. The molecule has 2 N–H and O–H groups in total. The van der Waals surface area contributed by atoms with Gasteiger partial charge in [-0.05, 0) is 35.0 Å². The van der Waals surface area contributed by atoms with Gasteiger partial charge in [-0.15, -0.1) is 0 Å². The quantitative estimate of drug-likeness (QED) is 0.348. The molecule has 1 unspecified atom stereocenters. The molecule has 0 aliphatic rings. The van der Waals surface area contributed by atoms with Crippen molar-refractivity contribution in [1.29, 1.82) is 0 Å². The van der Waals surface area contributed by atoms with E-state index in [9.17, 15) is 0 Å². The molecule has 0 aliphatic carbocycles. The van der Waals surface area contributed by atoms with Crippen molar-refractivity contribution in [1.82, 2.24) is 4.98 Å². The fourth-order valence-corrected chi connectivity index (χ4v) is 1.81. The van der Waals surface area contributed by atoms with Crippen LogP contribution in [0.15, 0.2) is 21.8 Å². The lowest BCUT2D eigenvalue weighted by Gasteiger charge is -2.19. The summed E-state index contributed by atoms with van der Waals surface area (Å²) in [4.78, 5) is 9.41. The highest BCUT2D eigenvalue weighted by molar-refractivity contribution is 9.10. The molecule has 1 atom stereocenters. The summed E-state index contributed by atoms with van der Waals surface area (Å²) in [5, 5.41) is 3.82. The summed E-state index contributed by atoms with van der Waals surface area (Å²) in [6.07, 6.45) is -0.945. The van der Waals surface area contributed by atoms with Crippen LogP contribution in [-0.4, -0.2) is 44.5 Å². The molecule has 20 heavy (non-hydrogen) atoms. The summed E-state index contributed by atoms with van der Waals surface area (Å²) in [5.41, 5.74) is 6.26. The smallest absolute Gasteiger partial charge is 0.228 e. The zero-order chi connectivity index (χ0) is 15.1. The largest absolute Gasteiger partial charge is 0.480 e. The maximum Gasteiger partial charge on any atom is 0.228 e. The lowest BCUT2D eigenvalue weighted by atomic mass is 10.3. The first-order valence-corrected chi connectivity index (χ1v) is 6.58. The monoisotopic (exact) mass is 347 g/mol. The van der Waals surface area contributed by atoms with E-state index >= 15 is 0 Å². The minimum atomic E-state index is -0.529. The van der Waals surface area contributed by atoms with E-state index in [-0.39, 0.29) is 5.84 Å². The van der Waals surface area contributed by atoms with E-state index in [0.29, 0.717) is 11.6 Å². The summed E-state index contributed by atoms with van der Waals surface area (Å²) >= 11 is 3.31. The topological polar surface area (TPSA) is 88.2 Å². The Morgan fingerprint density at radius 1 is 1.30 bits per heavy atom. The van der Waals surface area contributed by atoms with Crippen LogP contribution >= 0.6 is 15.9 Å². The Kier molecular flexibility index (Phi) is 6.69. The molecule has 0 radical (unpaired) electrons. The SMILES string of the molecule is COc1nc(/C(N)=N/OC(C)C(OC)OC)ccc1Br. The summed E-state index contributed by atoms with van der Waals surface area (Å²) in [7, 11) is 4.55. The second-order valence-electron chi connectivity index (χ2n) is 3.81. The van der Waals surface area contributed by atoms with Gasteiger partial charge in [0.2, 0.25) is 5.88 Å². The first kappa shape index (κ1) is 16.7.